The zero-order valence-corrected chi connectivity index (χ0v) is 21.3. The number of carbonyl (C=O) groups excluding carboxylic acids is 2. The van der Waals surface area contributed by atoms with E-state index in [0.29, 0.717) is 27.3 Å². The maximum absolute atomic E-state index is 12.8. The van der Waals surface area contributed by atoms with E-state index in [2.05, 4.69) is 20.8 Å². The number of nitro groups is 1. The molecular formula is C22H22Cl2N6O4S. The number of non-ortho nitro benzene ring substituents is 1. The fourth-order valence-corrected chi connectivity index (χ4v) is 4.35. The molecule has 0 radical (unpaired) electrons. The third-order valence-electron chi connectivity index (χ3n) is 4.97. The van der Waals surface area contributed by atoms with E-state index < -0.39 is 11.0 Å². The van der Waals surface area contributed by atoms with Crippen molar-refractivity contribution in [3.63, 3.8) is 0 Å². The van der Waals surface area contributed by atoms with Crippen molar-refractivity contribution in [2.45, 2.75) is 25.0 Å². The molecule has 35 heavy (non-hydrogen) atoms. The number of nitrogens with zero attached hydrogens (tertiary/aromatic N) is 4. The van der Waals surface area contributed by atoms with E-state index in [1.165, 1.54) is 42.1 Å². The van der Waals surface area contributed by atoms with Gasteiger partial charge in [0.05, 0.1) is 27.3 Å². The van der Waals surface area contributed by atoms with Gasteiger partial charge in [0.25, 0.3) is 11.6 Å². The highest BCUT2D eigenvalue weighted by molar-refractivity contribution is 7.99. The summed E-state index contributed by atoms with van der Waals surface area (Å²) in [6, 6.07) is 9.74. The molecule has 2 amide bonds. The van der Waals surface area contributed by atoms with Crippen LogP contribution in [0.2, 0.25) is 10.0 Å². The molecule has 1 aromatic heterocycles. The van der Waals surface area contributed by atoms with Crippen LogP contribution in [0.15, 0.2) is 47.6 Å². The summed E-state index contributed by atoms with van der Waals surface area (Å²) in [6.07, 6.45) is 0. The Morgan fingerprint density at radius 1 is 1.14 bits per heavy atom. The van der Waals surface area contributed by atoms with E-state index in [1.807, 2.05) is 13.8 Å². The second kappa shape index (κ2) is 11.5. The Morgan fingerprint density at radius 2 is 1.83 bits per heavy atom. The molecule has 10 nitrogen and oxygen atoms in total. The van der Waals surface area contributed by atoms with Gasteiger partial charge in [0.15, 0.2) is 11.0 Å². The number of hydrogen-bond acceptors (Lipinski definition) is 7. The minimum atomic E-state index is -0.510. The largest absolute Gasteiger partial charge is 0.342 e. The molecule has 0 spiro atoms. The first-order valence-electron chi connectivity index (χ1n) is 10.4. The third kappa shape index (κ3) is 6.71. The molecule has 13 heteroatoms. The quantitative estimate of drug-likeness (QED) is 0.226. The lowest BCUT2D eigenvalue weighted by Gasteiger charge is -2.22. The first-order chi connectivity index (χ1) is 16.6. The molecule has 0 saturated heterocycles. The molecule has 2 N–H and O–H groups in total. The summed E-state index contributed by atoms with van der Waals surface area (Å²) < 4.78 is 1.72. The van der Waals surface area contributed by atoms with Crippen LogP contribution in [-0.2, 0) is 11.8 Å². The lowest BCUT2D eigenvalue weighted by atomic mass is 10.0. The fourth-order valence-electron chi connectivity index (χ4n) is 3.14. The van der Waals surface area contributed by atoms with Crippen molar-refractivity contribution in [3.05, 3.63) is 74.0 Å². The zero-order chi connectivity index (χ0) is 25.7. The molecule has 0 saturated carbocycles. The minimum Gasteiger partial charge on any atom is -0.342 e. The fraction of sp³-hybridized carbons (Fsp3) is 0.273. The number of nitro benzene ring substituents is 1. The second-order valence-electron chi connectivity index (χ2n) is 7.86. The predicted octanol–water partition coefficient (Wildman–Crippen LogP) is 4.89. The van der Waals surface area contributed by atoms with Crippen LogP contribution in [-0.4, -0.2) is 37.3 Å². The van der Waals surface area contributed by atoms with Gasteiger partial charge >= 0.3 is 0 Å². The molecule has 0 fully saturated rings. The minimum absolute atomic E-state index is 0.0174. The standard InChI is InChI=1S/C22H22Cl2N6O4S/c1-12(2)19(26-21(32)16-9-4-13(23)10-17(16)24)20-27-28-22(29(20)3)35-11-18(31)25-14-5-7-15(8-6-14)30(33)34/h4-10,12,19H,11H2,1-3H3,(H,25,31)(H,26,32)/t19-/m1/s1. The molecule has 3 aromatic rings. The highest BCUT2D eigenvalue weighted by Crippen LogP contribution is 2.26. The molecule has 0 bridgehead atoms. The van der Waals surface area contributed by atoms with Gasteiger partial charge in [-0.05, 0) is 36.2 Å². The van der Waals surface area contributed by atoms with Gasteiger partial charge in [-0.15, -0.1) is 10.2 Å². The molecule has 1 atom stereocenters. The van der Waals surface area contributed by atoms with Crippen molar-refractivity contribution < 1.29 is 14.5 Å². The van der Waals surface area contributed by atoms with Crippen LogP contribution in [0.4, 0.5) is 11.4 Å². The zero-order valence-electron chi connectivity index (χ0n) is 19.0. The van der Waals surface area contributed by atoms with Gasteiger partial charge in [-0.2, -0.15) is 0 Å². The maximum Gasteiger partial charge on any atom is 0.269 e. The van der Waals surface area contributed by atoms with Gasteiger partial charge in [0.2, 0.25) is 5.91 Å². The summed E-state index contributed by atoms with van der Waals surface area (Å²) in [5.74, 6) is -0.125. The average molecular weight is 537 g/mol. The number of hydrogen-bond donors (Lipinski definition) is 2. The van der Waals surface area contributed by atoms with E-state index in [4.69, 9.17) is 23.2 Å². The number of thioether (sulfide) groups is 1. The number of benzene rings is 2. The van der Waals surface area contributed by atoms with Crippen LogP contribution in [0.1, 0.15) is 36.1 Å². The summed E-state index contributed by atoms with van der Waals surface area (Å²) in [4.78, 5) is 35.4. The molecule has 184 valence electrons. The van der Waals surface area contributed by atoms with Gasteiger partial charge in [-0.1, -0.05) is 48.8 Å². The summed E-state index contributed by atoms with van der Waals surface area (Å²) in [5.41, 5.74) is 0.679. The normalized spacial score (nSPS) is 11.8. The Morgan fingerprint density at radius 3 is 2.43 bits per heavy atom. The number of anilines is 1. The van der Waals surface area contributed by atoms with Crippen molar-refractivity contribution in [1.82, 2.24) is 20.1 Å². The number of aromatic nitrogens is 3. The van der Waals surface area contributed by atoms with E-state index in [1.54, 1.807) is 23.7 Å². The molecule has 2 aromatic carbocycles. The Labute approximate surface area is 215 Å². The highest BCUT2D eigenvalue weighted by Gasteiger charge is 2.26. The molecule has 0 unspecified atom stereocenters. The topological polar surface area (TPSA) is 132 Å². The monoisotopic (exact) mass is 536 g/mol. The SMILES string of the molecule is CC(C)[C@@H](NC(=O)c1ccc(Cl)cc1Cl)c1nnc(SCC(=O)Nc2ccc([N+](=O)[O-])cc2)n1C. The van der Waals surface area contributed by atoms with Crippen LogP contribution >= 0.6 is 35.0 Å². The average Bonchev–Trinajstić information content (AvgIpc) is 3.16. The van der Waals surface area contributed by atoms with Crippen LogP contribution in [0.3, 0.4) is 0 Å². The van der Waals surface area contributed by atoms with Crippen molar-refractivity contribution in [1.29, 1.82) is 0 Å². The van der Waals surface area contributed by atoms with Crippen LogP contribution < -0.4 is 10.6 Å². The smallest absolute Gasteiger partial charge is 0.269 e. The number of halogens is 2. The molecule has 1 heterocycles. The van der Waals surface area contributed by atoms with E-state index in [-0.39, 0.29) is 34.2 Å². The molecular weight excluding hydrogens is 515 g/mol. The first kappa shape index (κ1) is 26.5. The van der Waals surface area contributed by atoms with Gasteiger partial charge in [-0.25, -0.2) is 0 Å². The van der Waals surface area contributed by atoms with Crippen molar-refractivity contribution in [2.24, 2.45) is 13.0 Å². The van der Waals surface area contributed by atoms with Crippen molar-refractivity contribution in [2.75, 3.05) is 11.1 Å². The van der Waals surface area contributed by atoms with Crippen molar-refractivity contribution >= 4 is 58.2 Å². The second-order valence-corrected chi connectivity index (χ2v) is 9.65. The van der Waals surface area contributed by atoms with Crippen LogP contribution in [0, 0.1) is 16.0 Å². The Bertz CT molecular complexity index is 1250. The summed E-state index contributed by atoms with van der Waals surface area (Å²) in [7, 11) is 1.75. The van der Waals surface area contributed by atoms with E-state index >= 15 is 0 Å². The van der Waals surface area contributed by atoms with Gasteiger partial charge in [0.1, 0.15) is 0 Å². The van der Waals surface area contributed by atoms with Gasteiger partial charge < -0.3 is 15.2 Å². The maximum atomic E-state index is 12.8. The lowest BCUT2D eigenvalue weighted by Crippen LogP contribution is -2.33. The molecule has 0 aliphatic rings. The van der Waals surface area contributed by atoms with E-state index in [9.17, 15) is 19.7 Å². The van der Waals surface area contributed by atoms with Crippen LogP contribution in [0.5, 0.6) is 0 Å². The van der Waals surface area contributed by atoms with E-state index in [0.717, 1.165) is 0 Å². The number of carbonyl (C=O) groups is 2. The Hall–Kier alpha value is -3.15. The van der Waals surface area contributed by atoms with Crippen LogP contribution in [0.25, 0.3) is 0 Å². The molecule has 0 aliphatic carbocycles. The Balaban J connectivity index is 1.66. The van der Waals surface area contributed by atoms with Gasteiger partial charge in [0, 0.05) is 29.9 Å². The summed E-state index contributed by atoms with van der Waals surface area (Å²) in [5, 5.41) is 25.9. The Kier molecular flexibility index (Phi) is 8.71. The molecule has 0 aliphatic heterocycles. The van der Waals surface area contributed by atoms with Crippen molar-refractivity contribution in [3.8, 4) is 0 Å². The predicted molar refractivity (Wildman–Crippen MR) is 135 cm³/mol. The number of nitrogens with one attached hydrogen (secondary N) is 2. The number of rotatable bonds is 9. The third-order valence-corrected chi connectivity index (χ3v) is 6.54. The highest BCUT2D eigenvalue weighted by atomic mass is 35.5. The summed E-state index contributed by atoms with van der Waals surface area (Å²) >= 11 is 13.3. The van der Waals surface area contributed by atoms with Gasteiger partial charge in [-0.3, -0.25) is 19.7 Å². The number of amides is 2. The first-order valence-corrected chi connectivity index (χ1v) is 12.1. The lowest BCUT2D eigenvalue weighted by molar-refractivity contribution is -0.384. The summed E-state index contributed by atoms with van der Waals surface area (Å²) in [6.45, 7) is 3.88. The molecule has 3 rings (SSSR count).